The fourth-order valence-electron chi connectivity index (χ4n) is 5.48. The van der Waals surface area contributed by atoms with Gasteiger partial charge in [0.15, 0.2) is 0 Å². The van der Waals surface area contributed by atoms with E-state index in [2.05, 4.69) is 5.32 Å². The number of nitrogens with one attached hydrogen (secondary N) is 1. The topological polar surface area (TPSA) is 96.0 Å². The summed E-state index contributed by atoms with van der Waals surface area (Å²) >= 11 is 0. The first-order chi connectivity index (χ1) is 20.1. The molecule has 1 aliphatic rings. The molecular formula is C33H41N3O5S. The van der Waals surface area contributed by atoms with E-state index in [0.717, 1.165) is 58.5 Å². The molecule has 2 amide bonds. The summed E-state index contributed by atoms with van der Waals surface area (Å²) in [5.41, 5.74) is 3.87. The Hall–Kier alpha value is -3.85. The van der Waals surface area contributed by atoms with Gasteiger partial charge in [-0.1, -0.05) is 73.5 Å². The molecule has 3 aromatic rings. The molecule has 8 nitrogen and oxygen atoms in total. The highest BCUT2D eigenvalue weighted by Crippen LogP contribution is 2.31. The lowest BCUT2D eigenvalue weighted by Gasteiger charge is -2.34. The normalized spacial score (nSPS) is 14.3. The molecule has 224 valence electrons. The van der Waals surface area contributed by atoms with E-state index in [9.17, 15) is 18.0 Å². The van der Waals surface area contributed by atoms with Gasteiger partial charge in [-0.3, -0.25) is 13.9 Å². The highest BCUT2D eigenvalue weighted by Gasteiger charge is 2.35. The summed E-state index contributed by atoms with van der Waals surface area (Å²) in [6.07, 6.45) is 5.30. The van der Waals surface area contributed by atoms with Gasteiger partial charge in [0, 0.05) is 19.0 Å². The summed E-state index contributed by atoms with van der Waals surface area (Å²) in [5.74, 6) is -0.370. The predicted octanol–water partition coefficient (Wildman–Crippen LogP) is 4.78. The molecule has 4 rings (SSSR count). The first-order valence-electron chi connectivity index (χ1n) is 14.4. The Morgan fingerprint density at radius 2 is 1.64 bits per heavy atom. The first-order valence-corrected chi connectivity index (χ1v) is 16.2. The number of rotatable bonds is 12. The van der Waals surface area contributed by atoms with Gasteiger partial charge in [-0.2, -0.15) is 0 Å². The number of aryl methyl sites for hydroxylation is 2. The molecule has 0 spiro atoms. The average Bonchev–Trinajstić information content (AvgIpc) is 3.47. The van der Waals surface area contributed by atoms with Crippen LogP contribution in [0.4, 0.5) is 5.69 Å². The minimum absolute atomic E-state index is 0.0651. The summed E-state index contributed by atoms with van der Waals surface area (Å²) < 4.78 is 32.8. The number of nitrogens with zero attached hydrogens (tertiary/aromatic N) is 2. The number of carbonyl (C=O) groups is 2. The summed E-state index contributed by atoms with van der Waals surface area (Å²) in [7, 11) is -2.43. The first kappa shape index (κ1) is 31.1. The van der Waals surface area contributed by atoms with Crippen LogP contribution in [-0.4, -0.2) is 57.1 Å². The highest BCUT2D eigenvalue weighted by molar-refractivity contribution is 7.92. The fourth-order valence-corrected chi connectivity index (χ4v) is 6.33. The monoisotopic (exact) mass is 591 g/mol. The molecule has 3 aromatic carbocycles. The van der Waals surface area contributed by atoms with Crippen LogP contribution in [0.25, 0.3) is 0 Å². The summed E-state index contributed by atoms with van der Waals surface area (Å²) in [5, 5.41) is 3.19. The maximum atomic E-state index is 14.3. The van der Waals surface area contributed by atoms with Crippen molar-refractivity contribution in [3.63, 3.8) is 0 Å². The van der Waals surface area contributed by atoms with Crippen LogP contribution in [0.2, 0.25) is 0 Å². The van der Waals surface area contributed by atoms with Crippen molar-refractivity contribution in [1.29, 1.82) is 0 Å². The van der Waals surface area contributed by atoms with Crippen LogP contribution in [0.1, 0.15) is 47.9 Å². The van der Waals surface area contributed by atoms with E-state index in [1.165, 1.54) is 7.11 Å². The maximum absolute atomic E-state index is 14.3. The molecule has 1 saturated carbocycles. The zero-order valence-electron chi connectivity index (χ0n) is 24.9. The Bertz CT molecular complexity index is 1490. The molecule has 0 aromatic heterocycles. The largest absolute Gasteiger partial charge is 0.495 e. The molecule has 0 unspecified atom stereocenters. The quantitative estimate of drug-likeness (QED) is 0.327. The standard InChI is InChI=1S/C33H41N3O5S/c1-24-18-19-31(41-3)29(20-24)36(42(4,39)40)23-32(37)35(22-27-15-9-8-12-25(27)2)30(21-26-13-6-5-7-14-26)33(38)34-28-16-10-11-17-28/h5-9,12-15,18-20,28,30H,10-11,16-17,21-23H2,1-4H3,(H,34,38)/t30-/m1/s1. The van der Waals surface area contributed by atoms with Crippen molar-refractivity contribution in [2.24, 2.45) is 0 Å². The van der Waals surface area contributed by atoms with E-state index in [4.69, 9.17) is 4.74 Å². The van der Waals surface area contributed by atoms with Gasteiger partial charge < -0.3 is 15.0 Å². The number of carbonyl (C=O) groups excluding carboxylic acids is 2. The average molecular weight is 592 g/mol. The van der Waals surface area contributed by atoms with Crippen LogP contribution in [0.5, 0.6) is 5.75 Å². The van der Waals surface area contributed by atoms with Gasteiger partial charge >= 0.3 is 0 Å². The summed E-state index contributed by atoms with van der Waals surface area (Å²) in [6, 6.07) is 21.7. The Kier molecular flexibility index (Phi) is 10.3. The second kappa shape index (κ2) is 13.9. The number of ether oxygens (including phenoxy) is 1. The van der Waals surface area contributed by atoms with E-state index in [1.54, 1.807) is 17.0 Å². The van der Waals surface area contributed by atoms with Gasteiger partial charge in [0.1, 0.15) is 18.3 Å². The van der Waals surface area contributed by atoms with Crippen LogP contribution < -0.4 is 14.4 Å². The van der Waals surface area contributed by atoms with E-state index >= 15 is 0 Å². The Morgan fingerprint density at radius 3 is 2.29 bits per heavy atom. The van der Waals surface area contributed by atoms with E-state index in [-0.39, 0.29) is 24.2 Å². The van der Waals surface area contributed by atoms with Crippen molar-refractivity contribution in [3.8, 4) is 5.75 Å². The smallest absolute Gasteiger partial charge is 0.244 e. The number of benzene rings is 3. The van der Waals surface area contributed by atoms with Gasteiger partial charge in [-0.25, -0.2) is 8.42 Å². The lowest BCUT2D eigenvalue weighted by Crippen LogP contribution is -2.54. The zero-order valence-corrected chi connectivity index (χ0v) is 25.7. The number of hydrogen-bond donors (Lipinski definition) is 1. The Balaban J connectivity index is 1.76. The molecular weight excluding hydrogens is 550 g/mol. The van der Waals surface area contributed by atoms with Crippen LogP contribution in [0, 0.1) is 13.8 Å². The van der Waals surface area contributed by atoms with Crippen LogP contribution in [0.3, 0.4) is 0 Å². The zero-order chi connectivity index (χ0) is 30.3. The molecule has 1 N–H and O–H groups in total. The molecule has 1 aliphatic carbocycles. The molecule has 0 heterocycles. The molecule has 0 radical (unpaired) electrons. The molecule has 1 fully saturated rings. The molecule has 1 atom stereocenters. The fraction of sp³-hybridized carbons (Fsp3) is 0.394. The summed E-state index contributed by atoms with van der Waals surface area (Å²) in [4.78, 5) is 29.9. The molecule has 0 bridgehead atoms. The van der Waals surface area contributed by atoms with E-state index in [1.807, 2.05) is 74.5 Å². The number of amides is 2. The number of sulfonamides is 1. The lowest BCUT2D eigenvalue weighted by atomic mass is 10.0. The SMILES string of the molecule is COc1ccc(C)cc1N(CC(=O)N(Cc1ccccc1C)[C@H](Cc1ccccc1)C(=O)NC1CCCC1)S(C)(=O)=O. The van der Waals surface area contributed by atoms with Gasteiger partial charge in [-0.15, -0.1) is 0 Å². The predicted molar refractivity (Wildman–Crippen MR) is 166 cm³/mol. The van der Waals surface area contributed by atoms with Crippen molar-refractivity contribution in [3.05, 3.63) is 95.1 Å². The van der Waals surface area contributed by atoms with Crippen molar-refractivity contribution in [1.82, 2.24) is 10.2 Å². The second-order valence-electron chi connectivity index (χ2n) is 11.1. The van der Waals surface area contributed by atoms with Crippen molar-refractivity contribution < 1.29 is 22.7 Å². The molecule has 0 saturated heterocycles. The van der Waals surface area contributed by atoms with Crippen molar-refractivity contribution >= 4 is 27.5 Å². The number of anilines is 1. The van der Waals surface area contributed by atoms with Gasteiger partial charge in [0.25, 0.3) is 0 Å². The molecule has 0 aliphatic heterocycles. The maximum Gasteiger partial charge on any atom is 0.244 e. The van der Waals surface area contributed by atoms with Gasteiger partial charge in [0.2, 0.25) is 21.8 Å². The third kappa shape index (κ3) is 7.91. The molecule has 9 heteroatoms. The highest BCUT2D eigenvalue weighted by atomic mass is 32.2. The van der Waals surface area contributed by atoms with E-state index < -0.39 is 28.5 Å². The van der Waals surface area contributed by atoms with E-state index in [0.29, 0.717) is 12.2 Å². The van der Waals surface area contributed by atoms with Crippen LogP contribution >= 0.6 is 0 Å². The Morgan fingerprint density at radius 1 is 0.976 bits per heavy atom. The van der Waals surface area contributed by atoms with Gasteiger partial charge in [-0.05, 0) is 61.1 Å². The van der Waals surface area contributed by atoms with Crippen LogP contribution in [-0.2, 0) is 32.6 Å². The minimum Gasteiger partial charge on any atom is -0.495 e. The summed E-state index contributed by atoms with van der Waals surface area (Å²) in [6.45, 7) is 3.48. The third-order valence-electron chi connectivity index (χ3n) is 7.86. The Labute approximate surface area is 249 Å². The van der Waals surface area contributed by atoms with Crippen LogP contribution in [0.15, 0.2) is 72.8 Å². The van der Waals surface area contributed by atoms with Crippen molar-refractivity contribution in [2.75, 3.05) is 24.2 Å². The minimum atomic E-state index is -3.90. The second-order valence-corrected chi connectivity index (χ2v) is 13.0. The lowest BCUT2D eigenvalue weighted by molar-refractivity contribution is -0.140. The van der Waals surface area contributed by atoms with Crippen molar-refractivity contribution in [2.45, 2.75) is 64.6 Å². The number of methoxy groups -OCH3 is 1. The van der Waals surface area contributed by atoms with Gasteiger partial charge in [0.05, 0.1) is 19.1 Å². The third-order valence-corrected chi connectivity index (χ3v) is 8.98. The number of hydrogen-bond acceptors (Lipinski definition) is 5. The molecule has 42 heavy (non-hydrogen) atoms.